The predicted molar refractivity (Wildman–Crippen MR) is 92.5 cm³/mol. The fourth-order valence-corrected chi connectivity index (χ4v) is 3.59. The summed E-state index contributed by atoms with van der Waals surface area (Å²) in [4.78, 5) is 28.6. The third-order valence-electron chi connectivity index (χ3n) is 4.84. The van der Waals surface area contributed by atoms with Crippen molar-refractivity contribution in [3.05, 3.63) is 70.7 Å². The van der Waals surface area contributed by atoms with Gasteiger partial charge in [0.05, 0.1) is 5.71 Å². The first-order valence-corrected chi connectivity index (χ1v) is 8.43. The molecule has 4 nitrogen and oxygen atoms in total. The van der Waals surface area contributed by atoms with Crippen LogP contribution in [0.2, 0.25) is 0 Å². The van der Waals surface area contributed by atoms with Gasteiger partial charge in [-0.1, -0.05) is 6.08 Å². The SMILES string of the molecule is O=C1NC2=CC(=NC(=O)c3ccc(F)cc3)C=CC2C2=C1CCCC2. The van der Waals surface area contributed by atoms with Gasteiger partial charge in [0.2, 0.25) is 0 Å². The van der Waals surface area contributed by atoms with Crippen LogP contribution in [0.25, 0.3) is 0 Å². The lowest BCUT2D eigenvalue weighted by Crippen LogP contribution is -2.37. The molecule has 5 heteroatoms. The molecule has 2 aliphatic carbocycles. The zero-order chi connectivity index (χ0) is 17.4. The molecule has 0 bridgehead atoms. The fraction of sp³-hybridized carbons (Fsp3) is 0.250. The predicted octanol–water partition coefficient (Wildman–Crippen LogP) is 3.48. The Hall–Kier alpha value is -2.82. The first-order chi connectivity index (χ1) is 12.1. The number of carbonyl (C=O) groups is 2. The van der Waals surface area contributed by atoms with Crippen LogP contribution in [0.4, 0.5) is 4.39 Å². The van der Waals surface area contributed by atoms with Crippen molar-refractivity contribution in [2.24, 2.45) is 10.9 Å². The van der Waals surface area contributed by atoms with E-state index >= 15 is 0 Å². The third-order valence-corrected chi connectivity index (χ3v) is 4.84. The maximum atomic E-state index is 13.0. The van der Waals surface area contributed by atoms with Gasteiger partial charge in [-0.05, 0) is 67.7 Å². The standard InChI is InChI=1S/C20H17FN2O2/c21-13-7-5-12(6-8-13)19(24)22-14-9-10-16-15-3-1-2-4-17(15)20(25)23-18(16)11-14/h5-11,16H,1-4H2,(H,23,25). The second-order valence-corrected chi connectivity index (χ2v) is 6.45. The van der Waals surface area contributed by atoms with E-state index in [9.17, 15) is 14.0 Å². The van der Waals surface area contributed by atoms with E-state index in [1.165, 1.54) is 29.8 Å². The van der Waals surface area contributed by atoms with Gasteiger partial charge in [-0.3, -0.25) is 9.59 Å². The Kier molecular flexibility index (Phi) is 3.92. The topological polar surface area (TPSA) is 58.5 Å². The molecule has 1 aromatic carbocycles. The average molecular weight is 336 g/mol. The molecule has 3 aliphatic rings. The summed E-state index contributed by atoms with van der Waals surface area (Å²) in [5.74, 6) is -0.785. The van der Waals surface area contributed by atoms with E-state index in [0.717, 1.165) is 37.0 Å². The van der Waals surface area contributed by atoms with Crippen LogP contribution in [0.15, 0.2) is 64.3 Å². The maximum absolute atomic E-state index is 13.0. The molecule has 2 amide bonds. The van der Waals surface area contributed by atoms with Gasteiger partial charge in [-0.2, -0.15) is 0 Å². The molecule has 0 spiro atoms. The number of halogens is 1. The van der Waals surface area contributed by atoms with E-state index < -0.39 is 11.7 Å². The van der Waals surface area contributed by atoms with Gasteiger partial charge >= 0.3 is 0 Å². The van der Waals surface area contributed by atoms with Crippen molar-refractivity contribution in [3.63, 3.8) is 0 Å². The highest BCUT2D eigenvalue weighted by Gasteiger charge is 2.33. The molecule has 1 atom stereocenters. The average Bonchev–Trinajstić information content (AvgIpc) is 2.62. The summed E-state index contributed by atoms with van der Waals surface area (Å²) in [6.07, 6.45) is 9.49. The molecule has 25 heavy (non-hydrogen) atoms. The zero-order valence-corrected chi connectivity index (χ0v) is 13.6. The van der Waals surface area contributed by atoms with Gasteiger partial charge in [0, 0.05) is 22.8 Å². The number of carbonyl (C=O) groups excluding carboxylic acids is 2. The monoisotopic (exact) mass is 336 g/mol. The van der Waals surface area contributed by atoms with Crippen molar-refractivity contribution in [2.45, 2.75) is 25.7 Å². The van der Waals surface area contributed by atoms with Crippen LogP contribution in [0.5, 0.6) is 0 Å². The summed E-state index contributed by atoms with van der Waals surface area (Å²) < 4.78 is 13.0. The van der Waals surface area contributed by atoms with E-state index in [1.54, 1.807) is 6.08 Å². The number of benzene rings is 1. The lowest BCUT2D eigenvalue weighted by molar-refractivity contribution is -0.117. The van der Waals surface area contributed by atoms with Gasteiger partial charge in [0.25, 0.3) is 11.8 Å². The molecular formula is C20H17FN2O2. The fourth-order valence-electron chi connectivity index (χ4n) is 3.59. The summed E-state index contributed by atoms with van der Waals surface area (Å²) in [5.41, 5.74) is 3.70. The van der Waals surface area contributed by atoms with Crippen LogP contribution in [-0.4, -0.2) is 17.5 Å². The molecule has 4 rings (SSSR count). The van der Waals surface area contributed by atoms with E-state index in [-0.39, 0.29) is 11.8 Å². The molecule has 0 aromatic heterocycles. The highest BCUT2D eigenvalue weighted by molar-refractivity contribution is 6.14. The first kappa shape index (κ1) is 15.7. The number of hydrogen-bond acceptors (Lipinski definition) is 2. The van der Waals surface area contributed by atoms with Crippen LogP contribution in [0, 0.1) is 11.7 Å². The number of nitrogens with zero attached hydrogens (tertiary/aromatic N) is 1. The first-order valence-electron chi connectivity index (χ1n) is 8.43. The van der Waals surface area contributed by atoms with E-state index in [4.69, 9.17) is 0 Å². The van der Waals surface area contributed by atoms with Crippen LogP contribution in [0.3, 0.4) is 0 Å². The van der Waals surface area contributed by atoms with Gasteiger partial charge in [0.1, 0.15) is 5.82 Å². The maximum Gasteiger partial charge on any atom is 0.277 e. The number of aliphatic imine (C=N–C) groups is 1. The number of allylic oxidation sites excluding steroid dienone is 3. The van der Waals surface area contributed by atoms with Gasteiger partial charge in [-0.25, -0.2) is 9.38 Å². The zero-order valence-electron chi connectivity index (χ0n) is 13.6. The largest absolute Gasteiger partial charge is 0.325 e. The van der Waals surface area contributed by atoms with E-state index in [0.29, 0.717) is 11.3 Å². The quantitative estimate of drug-likeness (QED) is 0.853. The summed E-state index contributed by atoms with van der Waals surface area (Å²) in [6, 6.07) is 5.28. The summed E-state index contributed by atoms with van der Waals surface area (Å²) in [6.45, 7) is 0. The lowest BCUT2D eigenvalue weighted by Gasteiger charge is -2.33. The van der Waals surface area contributed by atoms with E-state index in [2.05, 4.69) is 10.3 Å². The highest BCUT2D eigenvalue weighted by atomic mass is 19.1. The van der Waals surface area contributed by atoms with Crippen molar-refractivity contribution in [3.8, 4) is 0 Å². The molecule has 1 heterocycles. The molecule has 0 saturated heterocycles. The minimum Gasteiger partial charge on any atom is -0.325 e. The normalized spacial score (nSPS) is 23.7. The Labute approximate surface area is 144 Å². The van der Waals surface area contributed by atoms with Crippen molar-refractivity contribution in [1.82, 2.24) is 5.32 Å². The molecule has 1 aliphatic heterocycles. The molecule has 0 fully saturated rings. The minimum atomic E-state index is -0.436. The second kappa shape index (κ2) is 6.24. The molecule has 126 valence electrons. The Morgan fingerprint density at radius 3 is 2.72 bits per heavy atom. The summed E-state index contributed by atoms with van der Waals surface area (Å²) in [5, 5.41) is 2.94. The number of hydrogen-bond donors (Lipinski definition) is 1. The van der Waals surface area contributed by atoms with Crippen molar-refractivity contribution >= 4 is 17.5 Å². The van der Waals surface area contributed by atoms with Crippen molar-refractivity contribution in [2.75, 3.05) is 0 Å². The third kappa shape index (κ3) is 2.97. The molecule has 1 N–H and O–H groups in total. The van der Waals surface area contributed by atoms with Crippen molar-refractivity contribution in [1.29, 1.82) is 0 Å². The Balaban J connectivity index is 1.61. The molecular weight excluding hydrogens is 319 g/mol. The minimum absolute atomic E-state index is 0.0308. The smallest absolute Gasteiger partial charge is 0.277 e. The van der Waals surface area contributed by atoms with Crippen molar-refractivity contribution < 1.29 is 14.0 Å². The Morgan fingerprint density at radius 2 is 1.92 bits per heavy atom. The lowest BCUT2D eigenvalue weighted by atomic mass is 9.77. The van der Waals surface area contributed by atoms with Gasteiger partial charge < -0.3 is 5.32 Å². The molecule has 1 aromatic rings. The van der Waals surface area contributed by atoms with Gasteiger partial charge in [0.15, 0.2) is 0 Å². The number of amides is 2. The Bertz CT molecular complexity index is 875. The number of rotatable bonds is 1. The van der Waals surface area contributed by atoms with Gasteiger partial charge in [-0.15, -0.1) is 0 Å². The molecule has 0 radical (unpaired) electrons. The van der Waals surface area contributed by atoms with Crippen LogP contribution >= 0.6 is 0 Å². The molecule has 0 saturated carbocycles. The number of fused-ring (bicyclic) bond motifs is 2. The Morgan fingerprint density at radius 1 is 1.16 bits per heavy atom. The number of nitrogens with one attached hydrogen (secondary N) is 1. The summed E-state index contributed by atoms with van der Waals surface area (Å²) in [7, 11) is 0. The highest BCUT2D eigenvalue weighted by Crippen LogP contribution is 2.38. The summed E-state index contributed by atoms with van der Waals surface area (Å²) >= 11 is 0. The second-order valence-electron chi connectivity index (χ2n) is 6.45. The van der Waals surface area contributed by atoms with Crippen LogP contribution in [-0.2, 0) is 4.79 Å². The van der Waals surface area contributed by atoms with Crippen LogP contribution < -0.4 is 5.32 Å². The molecule has 1 unspecified atom stereocenters. The van der Waals surface area contributed by atoms with E-state index in [1.807, 2.05) is 12.2 Å². The van der Waals surface area contributed by atoms with Crippen LogP contribution in [0.1, 0.15) is 36.0 Å².